The molecule has 1 aromatic carbocycles. The summed E-state index contributed by atoms with van der Waals surface area (Å²) >= 11 is 0. The summed E-state index contributed by atoms with van der Waals surface area (Å²) < 4.78 is 5.40. The van der Waals surface area contributed by atoms with Gasteiger partial charge in [-0.25, -0.2) is 0 Å². The molecule has 2 N–H and O–H groups in total. The molecule has 0 aliphatic heterocycles. The lowest BCUT2D eigenvalue weighted by Gasteiger charge is -2.10. The SMILES string of the molecule is CCOc1ccccc1C(=O)NCC(=O)NCc1ccccn1. The maximum absolute atomic E-state index is 12.1. The van der Waals surface area contributed by atoms with Crippen LogP contribution in [0.4, 0.5) is 0 Å². The average Bonchev–Trinajstić information content (AvgIpc) is 2.59. The number of ether oxygens (including phenoxy) is 1. The monoisotopic (exact) mass is 313 g/mol. The predicted molar refractivity (Wildman–Crippen MR) is 86.0 cm³/mol. The van der Waals surface area contributed by atoms with Crippen LogP contribution in [-0.2, 0) is 11.3 Å². The Balaban J connectivity index is 1.83. The van der Waals surface area contributed by atoms with Crippen LogP contribution in [0, 0.1) is 0 Å². The summed E-state index contributed by atoms with van der Waals surface area (Å²) in [5.74, 6) is -0.124. The zero-order valence-corrected chi connectivity index (χ0v) is 12.9. The first-order chi connectivity index (χ1) is 11.2. The summed E-state index contributed by atoms with van der Waals surface area (Å²) in [5, 5.41) is 5.28. The number of amides is 2. The lowest BCUT2D eigenvalue weighted by molar-refractivity contribution is -0.120. The molecule has 0 aliphatic rings. The van der Waals surface area contributed by atoms with Crippen molar-refractivity contribution in [2.45, 2.75) is 13.5 Å². The van der Waals surface area contributed by atoms with Crippen molar-refractivity contribution in [3.05, 3.63) is 59.9 Å². The molecule has 1 heterocycles. The number of carbonyl (C=O) groups excluding carboxylic acids is 2. The minimum absolute atomic E-state index is 0.105. The summed E-state index contributed by atoms with van der Waals surface area (Å²) in [6.45, 7) is 2.53. The number of rotatable bonds is 7. The van der Waals surface area contributed by atoms with Crippen molar-refractivity contribution in [1.82, 2.24) is 15.6 Å². The highest BCUT2D eigenvalue weighted by molar-refractivity contribution is 5.98. The van der Waals surface area contributed by atoms with Gasteiger partial charge < -0.3 is 15.4 Å². The van der Waals surface area contributed by atoms with Gasteiger partial charge in [-0.15, -0.1) is 0 Å². The second-order valence-corrected chi connectivity index (χ2v) is 4.71. The molecule has 2 aromatic rings. The van der Waals surface area contributed by atoms with Crippen LogP contribution in [0.1, 0.15) is 23.0 Å². The summed E-state index contributed by atoms with van der Waals surface area (Å²) in [5.41, 5.74) is 1.17. The van der Waals surface area contributed by atoms with Gasteiger partial charge in [-0.05, 0) is 31.2 Å². The van der Waals surface area contributed by atoms with Gasteiger partial charge >= 0.3 is 0 Å². The zero-order valence-electron chi connectivity index (χ0n) is 12.9. The molecular formula is C17H19N3O3. The Labute approximate surface area is 134 Å². The molecule has 0 unspecified atom stereocenters. The Hall–Kier alpha value is -2.89. The van der Waals surface area contributed by atoms with E-state index in [1.54, 1.807) is 36.5 Å². The van der Waals surface area contributed by atoms with Crippen LogP contribution >= 0.6 is 0 Å². The Kier molecular flexibility index (Phi) is 6.11. The Morgan fingerprint density at radius 2 is 1.87 bits per heavy atom. The summed E-state index contributed by atoms with van der Waals surface area (Å²) in [6.07, 6.45) is 1.66. The first-order valence-electron chi connectivity index (χ1n) is 7.37. The largest absolute Gasteiger partial charge is 0.493 e. The van der Waals surface area contributed by atoms with Crippen molar-refractivity contribution in [2.75, 3.05) is 13.2 Å². The number of nitrogens with one attached hydrogen (secondary N) is 2. The smallest absolute Gasteiger partial charge is 0.255 e. The van der Waals surface area contributed by atoms with Crippen molar-refractivity contribution >= 4 is 11.8 Å². The summed E-state index contributed by atoms with van der Waals surface area (Å²) in [7, 11) is 0. The standard InChI is InChI=1S/C17H19N3O3/c1-2-23-15-9-4-3-8-14(15)17(22)20-12-16(21)19-11-13-7-5-6-10-18-13/h3-10H,2,11-12H2,1H3,(H,19,21)(H,20,22). The van der Waals surface area contributed by atoms with Crippen LogP contribution in [0.3, 0.4) is 0 Å². The predicted octanol–water partition coefficient (Wildman–Crippen LogP) is 1.53. The number of hydrogen-bond donors (Lipinski definition) is 2. The lowest BCUT2D eigenvalue weighted by atomic mass is 10.2. The highest BCUT2D eigenvalue weighted by Gasteiger charge is 2.12. The van der Waals surface area contributed by atoms with Crippen molar-refractivity contribution in [3.8, 4) is 5.75 Å². The maximum atomic E-state index is 12.1. The number of benzene rings is 1. The van der Waals surface area contributed by atoms with Gasteiger partial charge in [0, 0.05) is 6.20 Å². The van der Waals surface area contributed by atoms with E-state index in [0.29, 0.717) is 24.5 Å². The van der Waals surface area contributed by atoms with E-state index in [1.807, 2.05) is 19.1 Å². The quantitative estimate of drug-likeness (QED) is 0.812. The number of aromatic nitrogens is 1. The van der Waals surface area contributed by atoms with E-state index in [9.17, 15) is 9.59 Å². The Bertz CT molecular complexity index is 659. The minimum atomic E-state index is -0.345. The molecule has 0 radical (unpaired) electrons. The number of nitrogens with zero attached hydrogens (tertiary/aromatic N) is 1. The van der Waals surface area contributed by atoms with Crippen LogP contribution in [0.15, 0.2) is 48.7 Å². The van der Waals surface area contributed by atoms with Gasteiger partial charge in [0.05, 0.1) is 31.0 Å². The normalized spacial score (nSPS) is 9.96. The third kappa shape index (κ3) is 5.10. The van der Waals surface area contributed by atoms with Crippen molar-refractivity contribution in [2.24, 2.45) is 0 Å². The molecule has 0 atom stereocenters. The highest BCUT2D eigenvalue weighted by Crippen LogP contribution is 2.17. The van der Waals surface area contributed by atoms with E-state index in [4.69, 9.17) is 4.74 Å². The van der Waals surface area contributed by atoms with E-state index in [0.717, 1.165) is 5.69 Å². The molecule has 6 heteroatoms. The van der Waals surface area contributed by atoms with E-state index >= 15 is 0 Å². The number of pyridine rings is 1. The fraction of sp³-hybridized carbons (Fsp3) is 0.235. The van der Waals surface area contributed by atoms with E-state index in [2.05, 4.69) is 15.6 Å². The molecule has 0 saturated carbocycles. The third-order valence-electron chi connectivity index (χ3n) is 3.03. The molecule has 6 nitrogen and oxygen atoms in total. The van der Waals surface area contributed by atoms with E-state index in [1.165, 1.54) is 0 Å². The first kappa shape index (κ1) is 16.5. The fourth-order valence-electron chi connectivity index (χ4n) is 1.95. The molecule has 0 fully saturated rings. The van der Waals surface area contributed by atoms with Gasteiger partial charge in [-0.1, -0.05) is 18.2 Å². The number of carbonyl (C=O) groups is 2. The first-order valence-corrected chi connectivity index (χ1v) is 7.37. The number of hydrogen-bond acceptors (Lipinski definition) is 4. The van der Waals surface area contributed by atoms with Gasteiger partial charge in [-0.2, -0.15) is 0 Å². The zero-order chi connectivity index (χ0) is 16.5. The lowest BCUT2D eigenvalue weighted by Crippen LogP contribution is -2.36. The van der Waals surface area contributed by atoms with Crippen LogP contribution < -0.4 is 15.4 Å². The molecule has 0 saturated heterocycles. The van der Waals surface area contributed by atoms with Crippen LogP contribution in [0.5, 0.6) is 5.75 Å². The molecule has 0 bridgehead atoms. The molecule has 0 aliphatic carbocycles. The van der Waals surface area contributed by atoms with Crippen LogP contribution in [0.25, 0.3) is 0 Å². The highest BCUT2D eigenvalue weighted by atomic mass is 16.5. The van der Waals surface area contributed by atoms with Gasteiger partial charge in [0.1, 0.15) is 5.75 Å². The molecular weight excluding hydrogens is 294 g/mol. The van der Waals surface area contributed by atoms with Crippen molar-refractivity contribution in [1.29, 1.82) is 0 Å². The topological polar surface area (TPSA) is 80.3 Å². The van der Waals surface area contributed by atoms with E-state index in [-0.39, 0.29) is 18.4 Å². The van der Waals surface area contributed by atoms with Crippen molar-refractivity contribution in [3.63, 3.8) is 0 Å². The average molecular weight is 313 g/mol. The second kappa shape index (κ2) is 8.53. The Morgan fingerprint density at radius 1 is 1.09 bits per heavy atom. The molecule has 2 amide bonds. The molecule has 2 rings (SSSR count). The van der Waals surface area contributed by atoms with Gasteiger partial charge in [-0.3, -0.25) is 14.6 Å². The fourth-order valence-corrected chi connectivity index (χ4v) is 1.95. The van der Waals surface area contributed by atoms with Crippen LogP contribution in [0.2, 0.25) is 0 Å². The van der Waals surface area contributed by atoms with Gasteiger partial charge in [0.25, 0.3) is 5.91 Å². The maximum Gasteiger partial charge on any atom is 0.255 e. The van der Waals surface area contributed by atoms with E-state index < -0.39 is 0 Å². The van der Waals surface area contributed by atoms with Crippen LogP contribution in [-0.4, -0.2) is 29.9 Å². The summed E-state index contributed by atoms with van der Waals surface area (Å²) in [4.78, 5) is 28.0. The Morgan fingerprint density at radius 3 is 2.61 bits per heavy atom. The summed E-state index contributed by atoms with van der Waals surface area (Å²) in [6, 6.07) is 12.4. The minimum Gasteiger partial charge on any atom is -0.493 e. The molecule has 0 spiro atoms. The molecule has 120 valence electrons. The van der Waals surface area contributed by atoms with Gasteiger partial charge in [0.15, 0.2) is 0 Å². The second-order valence-electron chi connectivity index (χ2n) is 4.71. The van der Waals surface area contributed by atoms with Crippen molar-refractivity contribution < 1.29 is 14.3 Å². The molecule has 1 aromatic heterocycles. The van der Waals surface area contributed by atoms with Gasteiger partial charge in [0.2, 0.25) is 5.91 Å². The third-order valence-corrected chi connectivity index (χ3v) is 3.03. The molecule has 23 heavy (non-hydrogen) atoms. The number of para-hydroxylation sites is 1.